The van der Waals surface area contributed by atoms with Crippen LogP contribution in [-0.4, -0.2) is 22.1 Å². The van der Waals surface area contributed by atoms with Gasteiger partial charge in [0.25, 0.3) is 5.56 Å². The second-order valence-corrected chi connectivity index (χ2v) is 5.90. The Hall–Kier alpha value is -3.03. The Labute approximate surface area is 146 Å². The van der Waals surface area contributed by atoms with Crippen LogP contribution >= 0.6 is 0 Å². The molecule has 0 bridgehead atoms. The Morgan fingerprint density at radius 3 is 2.52 bits per heavy atom. The molecule has 1 aromatic carbocycles. The Morgan fingerprint density at radius 2 is 1.96 bits per heavy atom. The van der Waals surface area contributed by atoms with Gasteiger partial charge in [-0.2, -0.15) is 5.11 Å². The highest BCUT2D eigenvalue weighted by molar-refractivity contribution is 5.61. The van der Waals surface area contributed by atoms with Crippen LogP contribution in [0.25, 0.3) is 0 Å². The summed E-state index contributed by atoms with van der Waals surface area (Å²) < 4.78 is 2.98. The van der Waals surface area contributed by atoms with Crippen molar-refractivity contribution in [2.24, 2.45) is 19.2 Å². The first-order chi connectivity index (χ1) is 11.9. The van der Waals surface area contributed by atoms with Gasteiger partial charge in [0.15, 0.2) is 6.17 Å². The maximum Gasteiger partial charge on any atom is 0.292 e. The van der Waals surface area contributed by atoms with Crippen molar-refractivity contribution in [1.29, 1.82) is 5.53 Å². The normalized spacial score (nSPS) is 12.3. The minimum Gasteiger partial charge on any atom is -0.382 e. The number of nitrogen functional groups attached to an aromatic ring is 1. The summed E-state index contributed by atoms with van der Waals surface area (Å²) in [5.41, 5.74) is 15.7. The van der Waals surface area contributed by atoms with Crippen molar-refractivity contribution in [3.8, 4) is 0 Å². The lowest BCUT2D eigenvalue weighted by Gasteiger charge is -2.12. The number of nitrogens with one attached hydrogen (secondary N) is 3. The zero-order valence-electron chi connectivity index (χ0n) is 14.8. The van der Waals surface area contributed by atoms with Gasteiger partial charge in [-0.1, -0.05) is 35.9 Å². The van der Waals surface area contributed by atoms with Crippen LogP contribution in [0.15, 0.2) is 46.5 Å². The molecule has 8 nitrogen and oxygen atoms in total. The number of anilines is 2. The molecule has 0 saturated carbocycles. The first kappa shape index (κ1) is 18.3. The lowest BCUT2D eigenvalue weighted by Crippen LogP contribution is -2.31. The molecule has 5 N–H and O–H groups in total. The van der Waals surface area contributed by atoms with E-state index in [1.807, 2.05) is 6.08 Å². The predicted octanol–water partition coefficient (Wildman–Crippen LogP) is 1.73. The van der Waals surface area contributed by atoms with Crippen LogP contribution in [0.3, 0.4) is 0 Å². The van der Waals surface area contributed by atoms with E-state index in [0.29, 0.717) is 11.5 Å². The van der Waals surface area contributed by atoms with Gasteiger partial charge in [-0.15, -0.1) is 0 Å². The lowest BCUT2D eigenvalue weighted by atomic mass is 10.1. The van der Waals surface area contributed by atoms with Crippen LogP contribution in [0, 0.1) is 12.5 Å². The maximum absolute atomic E-state index is 12.0. The van der Waals surface area contributed by atoms with Gasteiger partial charge in [-0.25, -0.2) is 5.53 Å². The molecule has 0 spiro atoms. The topological polar surface area (TPSA) is 113 Å². The molecule has 2 rings (SSSR count). The molecule has 0 saturated heterocycles. The van der Waals surface area contributed by atoms with E-state index >= 15 is 0 Å². The van der Waals surface area contributed by atoms with Gasteiger partial charge in [0.05, 0.1) is 6.54 Å². The highest BCUT2D eigenvalue weighted by atomic mass is 16.1. The molecule has 134 valence electrons. The summed E-state index contributed by atoms with van der Waals surface area (Å²) in [6.07, 6.45) is 4.05. The smallest absolute Gasteiger partial charge is 0.292 e. The van der Waals surface area contributed by atoms with Gasteiger partial charge in [0.2, 0.25) is 0 Å². The summed E-state index contributed by atoms with van der Waals surface area (Å²) in [4.78, 5) is 12.0. The molecule has 8 heteroatoms. The predicted molar refractivity (Wildman–Crippen MR) is 99.7 cm³/mol. The van der Waals surface area contributed by atoms with E-state index in [-0.39, 0.29) is 12.1 Å². The van der Waals surface area contributed by atoms with Crippen LogP contribution in [0.5, 0.6) is 0 Å². The first-order valence-corrected chi connectivity index (χ1v) is 8.02. The molecule has 1 unspecified atom stereocenters. The number of aromatic nitrogens is 2. The molecule has 1 heterocycles. The zero-order chi connectivity index (χ0) is 18.4. The van der Waals surface area contributed by atoms with E-state index in [9.17, 15) is 4.79 Å². The highest BCUT2D eigenvalue weighted by Gasteiger charge is 2.14. The Morgan fingerprint density at radius 1 is 1.28 bits per heavy atom. The Kier molecular flexibility index (Phi) is 5.99. The van der Waals surface area contributed by atoms with Crippen molar-refractivity contribution >= 4 is 11.5 Å². The summed E-state index contributed by atoms with van der Waals surface area (Å²) in [6.45, 7) is 2.34. The fourth-order valence-corrected chi connectivity index (χ4v) is 2.34. The van der Waals surface area contributed by atoms with Gasteiger partial charge in [0.1, 0.15) is 11.5 Å². The molecule has 0 aliphatic rings. The van der Waals surface area contributed by atoms with Crippen molar-refractivity contribution in [3.63, 3.8) is 0 Å². The average Bonchev–Trinajstić information content (AvgIpc) is 2.79. The number of rotatable bonds is 8. The molecule has 2 aromatic rings. The van der Waals surface area contributed by atoms with E-state index in [0.717, 1.165) is 6.42 Å². The minimum atomic E-state index is -0.487. The summed E-state index contributed by atoms with van der Waals surface area (Å²) in [5.74, 6) is 0.353. The van der Waals surface area contributed by atoms with Gasteiger partial charge >= 0.3 is 0 Å². The molecule has 0 radical (unpaired) electrons. The van der Waals surface area contributed by atoms with E-state index in [2.05, 4.69) is 46.9 Å². The molecular weight excluding hydrogens is 318 g/mol. The quantitative estimate of drug-likeness (QED) is 0.547. The Bertz CT molecular complexity index is 802. The molecule has 0 amide bonds. The van der Waals surface area contributed by atoms with E-state index < -0.39 is 6.17 Å². The fraction of sp³-hybridized carbons (Fsp3) is 0.353. The minimum absolute atomic E-state index is 0.210. The number of aryl methyl sites for hydroxylation is 1. The van der Waals surface area contributed by atoms with Crippen molar-refractivity contribution in [2.75, 3.05) is 17.6 Å². The first-order valence-electron chi connectivity index (χ1n) is 8.02. The number of hydrogen-bond donors (Lipinski definition) is 4. The Balaban J connectivity index is 1.87. The van der Waals surface area contributed by atoms with Gasteiger partial charge < -0.3 is 16.4 Å². The van der Waals surface area contributed by atoms with Crippen LogP contribution in [-0.2, 0) is 20.5 Å². The molecule has 0 aliphatic carbocycles. The van der Waals surface area contributed by atoms with E-state index in [4.69, 9.17) is 11.3 Å². The number of nitrogens with zero attached hydrogens (tertiary/aromatic N) is 3. The monoisotopic (exact) mass is 343 g/mol. The van der Waals surface area contributed by atoms with Gasteiger partial charge in [0, 0.05) is 14.1 Å². The van der Waals surface area contributed by atoms with Crippen molar-refractivity contribution in [3.05, 3.63) is 58.0 Å². The zero-order valence-corrected chi connectivity index (χ0v) is 14.8. The molecule has 25 heavy (non-hydrogen) atoms. The van der Waals surface area contributed by atoms with Crippen LogP contribution in [0.4, 0.5) is 11.5 Å². The average molecular weight is 343 g/mol. The summed E-state index contributed by atoms with van der Waals surface area (Å²) in [7, 11) is 3.35. The second-order valence-electron chi connectivity index (χ2n) is 5.90. The molecule has 1 atom stereocenters. The van der Waals surface area contributed by atoms with Crippen LogP contribution < -0.4 is 21.9 Å². The summed E-state index contributed by atoms with van der Waals surface area (Å²) in [5, 5.41) is 9.51. The molecule has 0 fully saturated rings. The molecule has 0 aliphatic heterocycles. The number of allylic oxidation sites excluding steroid dienone is 1. The van der Waals surface area contributed by atoms with Crippen LogP contribution in [0.2, 0.25) is 0 Å². The van der Waals surface area contributed by atoms with Gasteiger partial charge in [-0.05, 0) is 25.1 Å². The van der Waals surface area contributed by atoms with Crippen LogP contribution in [0.1, 0.15) is 11.1 Å². The third-order valence-electron chi connectivity index (χ3n) is 4.07. The lowest BCUT2D eigenvalue weighted by molar-refractivity contribution is 0.585. The van der Waals surface area contributed by atoms with E-state index in [1.165, 1.54) is 15.8 Å². The number of nitrogens with two attached hydrogens (primary N) is 1. The van der Waals surface area contributed by atoms with Crippen molar-refractivity contribution in [1.82, 2.24) is 14.7 Å². The maximum atomic E-state index is 12.0. The SMILES string of the molecule is Cc1ccc(C/C=C/NC(CNc2c(N)n(C)n(C)c2=O)N=N)cc1. The summed E-state index contributed by atoms with van der Waals surface area (Å²) in [6, 6.07) is 8.32. The summed E-state index contributed by atoms with van der Waals surface area (Å²) >= 11 is 0. The largest absolute Gasteiger partial charge is 0.382 e. The second kappa shape index (κ2) is 8.18. The van der Waals surface area contributed by atoms with E-state index in [1.54, 1.807) is 25.0 Å². The van der Waals surface area contributed by atoms with Gasteiger partial charge in [-0.3, -0.25) is 14.2 Å². The highest BCUT2D eigenvalue weighted by Crippen LogP contribution is 2.12. The molecule has 1 aromatic heterocycles. The fourth-order valence-electron chi connectivity index (χ4n) is 2.34. The third kappa shape index (κ3) is 4.50. The molecular formula is C17H25N7O. The standard InChI is InChI=1S/C17H25N7O/c1-12-6-8-13(9-7-12)5-4-10-20-14(22-19)11-21-15-16(18)23(2)24(3)17(15)25/h4,6-10,14,19-21H,5,11,18H2,1-3H3/b10-4+,22-19?. The number of hydrogen-bond acceptors (Lipinski definition) is 6. The number of benzene rings is 1. The third-order valence-corrected chi connectivity index (χ3v) is 4.07. The van der Waals surface area contributed by atoms with Crippen molar-refractivity contribution < 1.29 is 0 Å². The van der Waals surface area contributed by atoms with Crippen molar-refractivity contribution in [2.45, 2.75) is 19.5 Å².